The minimum Gasteiger partial charge on any atom is -0.482 e. The van der Waals surface area contributed by atoms with Gasteiger partial charge in [-0.2, -0.15) is 0 Å². The average Bonchev–Trinajstić information content (AvgIpc) is 2.57. The molecule has 1 heterocycles. The molecule has 0 amide bonds. The predicted octanol–water partition coefficient (Wildman–Crippen LogP) is 3.44. The maximum atomic E-state index is 14.2. The summed E-state index contributed by atoms with van der Waals surface area (Å²) >= 11 is 0. The van der Waals surface area contributed by atoms with Crippen LogP contribution in [0.3, 0.4) is 0 Å². The zero-order valence-corrected chi connectivity index (χ0v) is 13.1. The first kappa shape index (κ1) is 15.5. The minimum atomic E-state index is -0.879. The summed E-state index contributed by atoms with van der Waals surface area (Å²) in [6.45, 7) is 2.05. The molecular formula is C18H19FN2O2. The normalized spacial score (nSPS) is 24.1. The molecule has 0 saturated heterocycles. The second kappa shape index (κ2) is 6.01. The molecule has 2 aromatic rings. The summed E-state index contributed by atoms with van der Waals surface area (Å²) in [5, 5.41) is 0. The Morgan fingerprint density at radius 3 is 2.70 bits per heavy atom. The number of nitrogen functional groups attached to an aromatic ring is 1. The molecule has 4 nitrogen and oxygen atoms in total. The summed E-state index contributed by atoms with van der Waals surface area (Å²) in [7, 11) is 1.54. The van der Waals surface area contributed by atoms with Crippen LogP contribution in [0.15, 0.2) is 53.5 Å². The van der Waals surface area contributed by atoms with Gasteiger partial charge in [-0.15, -0.1) is 0 Å². The number of nitrogens with two attached hydrogens (primary N) is 1. The maximum absolute atomic E-state index is 14.2. The summed E-state index contributed by atoms with van der Waals surface area (Å²) in [4.78, 5) is 4.64. The molecule has 0 saturated carbocycles. The molecule has 1 aliphatic rings. The van der Waals surface area contributed by atoms with Crippen LogP contribution in [0.4, 0.5) is 10.1 Å². The number of aliphatic imine (C=N–C) groups is 1. The third kappa shape index (κ3) is 2.92. The zero-order valence-electron chi connectivity index (χ0n) is 13.1. The van der Waals surface area contributed by atoms with Crippen LogP contribution in [0, 0.1) is 5.82 Å². The fourth-order valence-corrected chi connectivity index (χ4v) is 2.76. The Kier molecular flexibility index (Phi) is 4.05. The maximum Gasteiger partial charge on any atom is 0.218 e. The number of hydrogen-bond donors (Lipinski definition) is 1. The molecule has 0 fully saturated rings. The van der Waals surface area contributed by atoms with Gasteiger partial charge in [0.25, 0.3) is 0 Å². The molecule has 2 aromatic carbocycles. The number of ether oxygens (including phenoxy) is 2. The van der Waals surface area contributed by atoms with Gasteiger partial charge in [0.2, 0.25) is 5.90 Å². The molecule has 23 heavy (non-hydrogen) atoms. The number of anilines is 1. The van der Waals surface area contributed by atoms with Gasteiger partial charge in [0.05, 0.1) is 13.7 Å². The highest BCUT2D eigenvalue weighted by molar-refractivity contribution is 5.83. The first-order valence-corrected chi connectivity index (χ1v) is 7.39. The highest BCUT2D eigenvalue weighted by atomic mass is 19.1. The Labute approximate surface area is 134 Å². The van der Waals surface area contributed by atoms with E-state index in [9.17, 15) is 4.39 Å². The van der Waals surface area contributed by atoms with Crippen molar-refractivity contribution < 1.29 is 13.9 Å². The van der Waals surface area contributed by atoms with E-state index in [1.807, 2.05) is 37.3 Å². The zero-order chi connectivity index (χ0) is 16.4. The van der Waals surface area contributed by atoms with E-state index in [-0.39, 0.29) is 12.4 Å². The summed E-state index contributed by atoms with van der Waals surface area (Å²) in [5.41, 5.74) is 6.75. The lowest BCUT2D eigenvalue weighted by molar-refractivity contribution is 0.0280. The van der Waals surface area contributed by atoms with E-state index < -0.39 is 11.6 Å². The van der Waals surface area contributed by atoms with Crippen LogP contribution in [0.5, 0.6) is 0 Å². The number of halogens is 1. The van der Waals surface area contributed by atoms with Crippen LogP contribution >= 0.6 is 0 Å². The Hall–Kier alpha value is -2.40. The van der Waals surface area contributed by atoms with E-state index in [4.69, 9.17) is 15.2 Å². The first-order valence-electron chi connectivity index (χ1n) is 7.39. The predicted molar refractivity (Wildman–Crippen MR) is 87.7 cm³/mol. The van der Waals surface area contributed by atoms with Gasteiger partial charge in [-0.25, -0.2) is 9.38 Å². The Bertz CT molecular complexity index is 733. The van der Waals surface area contributed by atoms with E-state index in [1.54, 1.807) is 13.2 Å². The summed E-state index contributed by atoms with van der Waals surface area (Å²) < 4.78 is 25.6. The van der Waals surface area contributed by atoms with Crippen LogP contribution in [-0.2, 0) is 15.0 Å². The third-order valence-electron chi connectivity index (χ3n) is 3.99. The second-order valence-corrected chi connectivity index (χ2v) is 5.77. The molecule has 0 aliphatic carbocycles. The van der Waals surface area contributed by atoms with Gasteiger partial charge >= 0.3 is 0 Å². The van der Waals surface area contributed by atoms with Crippen molar-refractivity contribution in [3.63, 3.8) is 0 Å². The van der Waals surface area contributed by atoms with Crippen molar-refractivity contribution in [2.75, 3.05) is 19.5 Å². The van der Waals surface area contributed by atoms with Gasteiger partial charge in [0.15, 0.2) is 6.10 Å². The number of rotatable bonds is 2. The van der Waals surface area contributed by atoms with Crippen molar-refractivity contribution in [2.45, 2.75) is 18.6 Å². The van der Waals surface area contributed by atoms with Crippen molar-refractivity contribution in [1.29, 1.82) is 0 Å². The second-order valence-electron chi connectivity index (χ2n) is 5.77. The topological polar surface area (TPSA) is 56.8 Å². The van der Waals surface area contributed by atoms with Gasteiger partial charge in [0.1, 0.15) is 11.4 Å². The summed E-state index contributed by atoms with van der Waals surface area (Å²) in [6.07, 6.45) is -0.390. The number of benzene rings is 2. The van der Waals surface area contributed by atoms with Gasteiger partial charge in [0, 0.05) is 11.3 Å². The highest BCUT2D eigenvalue weighted by Crippen LogP contribution is 2.37. The molecule has 5 heteroatoms. The van der Waals surface area contributed by atoms with Crippen molar-refractivity contribution in [3.05, 3.63) is 65.5 Å². The Morgan fingerprint density at radius 2 is 2.00 bits per heavy atom. The van der Waals surface area contributed by atoms with Gasteiger partial charge in [-0.05, 0) is 30.7 Å². The van der Waals surface area contributed by atoms with Crippen LogP contribution in [0.1, 0.15) is 24.2 Å². The molecule has 120 valence electrons. The molecule has 0 spiro atoms. The molecule has 0 unspecified atom stereocenters. The van der Waals surface area contributed by atoms with Crippen LogP contribution in [-0.4, -0.2) is 19.6 Å². The van der Waals surface area contributed by atoms with Gasteiger partial charge < -0.3 is 15.2 Å². The van der Waals surface area contributed by atoms with Crippen molar-refractivity contribution in [1.82, 2.24) is 0 Å². The summed E-state index contributed by atoms with van der Waals surface area (Å²) in [6, 6.07) is 14.2. The lowest BCUT2D eigenvalue weighted by Gasteiger charge is -2.35. The van der Waals surface area contributed by atoms with E-state index in [1.165, 1.54) is 12.1 Å². The lowest BCUT2D eigenvalue weighted by Crippen LogP contribution is -2.37. The van der Waals surface area contributed by atoms with E-state index in [2.05, 4.69) is 4.99 Å². The lowest BCUT2D eigenvalue weighted by atomic mass is 9.91. The monoisotopic (exact) mass is 314 g/mol. The van der Waals surface area contributed by atoms with E-state index in [0.717, 1.165) is 5.56 Å². The van der Waals surface area contributed by atoms with Crippen LogP contribution < -0.4 is 5.73 Å². The van der Waals surface area contributed by atoms with Crippen molar-refractivity contribution >= 4 is 11.6 Å². The van der Waals surface area contributed by atoms with Crippen LogP contribution in [0.25, 0.3) is 0 Å². The Balaban J connectivity index is 2.02. The molecular weight excluding hydrogens is 295 g/mol. The number of hydrogen-bond acceptors (Lipinski definition) is 4. The minimum absolute atomic E-state index is 0.236. The molecule has 1 aliphatic heterocycles. The van der Waals surface area contributed by atoms with Crippen molar-refractivity contribution in [2.24, 2.45) is 4.99 Å². The first-order chi connectivity index (χ1) is 11.0. The van der Waals surface area contributed by atoms with Crippen LogP contribution in [0.2, 0.25) is 0 Å². The number of methoxy groups -OCH3 is 1. The standard InChI is InChI=1S/C18H19FN2O2/c1-18(14-10-13(20)8-9-15(14)19)11-23-16(17(21-18)22-2)12-6-4-3-5-7-12/h3-10,16H,11,20H2,1-2H3/t16-,18-/m0/s1. The summed E-state index contributed by atoms with van der Waals surface area (Å²) in [5.74, 6) is 0.0643. The Morgan fingerprint density at radius 1 is 1.26 bits per heavy atom. The van der Waals surface area contributed by atoms with Gasteiger partial charge in [-0.1, -0.05) is 30.3 Å². The molecule has 2 N–H and O–H groups in total. The van der Waals surface area contributed by atoms with E-state index >= 15 is 0 Å². The molecule has 0 radical (unpaired) electrons. The third-order valence-corrected chi connectivity index (χ3v) is 3.99. The van der Waals surface area contributed by atoms with Crippen molar-refractivity contribution in [3.8, 4) is 0 Å². The fourth-order valence-electron chi connectivity index (χ4n) is 2.76. The molecule has 3 rings (SSSR count). The van der Waals surface area contributed by atoms with E-state index in [0.29, 0.717) is 17.1 Å². The smallest absolute Gasteiger partial charge is 0.218 e. The average molecular weight is 314 g/mol. The molecule has 0 bridgehead atoms. The largest absolute Gasteiger partial charge is 0.482 e. The highest BCUT2D eigenvalue weighted by Gasteiger charge is 2.38. The molecule has 0 aromatic heterocycles. The molecule has 2 atom stereocenters. The fraction of sp³-hybridized carbons (Fsp3) is 0.278. The number of nitrogens with zero attached hydrogens (tertiary/aromatic N) is 1. The SMILES string of the molecule is COC1=N[C@](C)(c2cc(N)ccc2F)CO[C@H]1c1ccccc1. The quantitative estimate of drug-likeness (QED) is 0.864. The van der Waals surface area contributed by atoms with Gasteiger partial charge in [-0.3, -0.25) is 0 Å².